The third-order valence-electron chi connectivity index (χ3n) is 3.30. The highest BCUT2D eigenvalue weighted by Gasteiger charge is 2.16. The van der Waals surface area contributed by atoms with Gasteiger partial charge in [-0.2, -0.15) is 5.26 Å². The first-order valence-corrected chi connectivity index (χ1v) is 8.85. The van der Waals surface area contributed by atoms with Gasteiger partial charge < -0.3 is 10.1 Å². The molecule has 0 bridgehead atoms. The number of anilines is 1. The summed E-state index contributed by atoms with van der Waals surface area (Å²) in [6.07, 6.45) is 0. The predicted molar refractivity (Wildman–Crippen MR) is 92.8 cm³/mol. The van der Waals surface area contributed by atoms with E-state index >= 15 is 0 Å². The van der Waals surface area contributed by atoms with Crippen molar-refractivity contribution in [3.63, 3.8) is 0 Å². The standard InChI is InChI=1S/C17H15N3O5S/c1-19-26(23,24)14-7-4-6-12(9-14)17(22)25-11-16(21)20-15-8-3-2-5-13(15)10-18/h2-9,19H,11H2,1H3,(H,20,21). The average molecular weight is 373 g/mol. The quantitative estimate of drug-likeness (QED) is 0.734. The minimum absolute atomic E-state index is 0.00782. The monoisotopic (exact) mass is 373 g/mol. The maximum absolute atomic E-state index is 12.0. The molecule has 1 amide bonds. The number of esters is 1. The highest BCUT2D eigenvalue weighted by Crippen LogP contribution is 2.14. The number of nitrogens with one attached hydrogen (secondary N) is 2. The highest BCUT2D eigenvalue weighted by molar-refractivity contribution is 7.89. The highest BCUT2D eigenvalue weighted by atomic mass is 32.2. The van der Waals surface area contributed by atoms with Crippen LogP contribution in [0.1, 0.15) is 15.9 Å². The number of ether oxygens (including phenoxy) is 1. The third-order valence-corrected chi connectivity index (χ3v) is 4.72. The molecule has 0 radical (unpaired) electrons. The maximum Gasteiger partial charge on any atom is 0.338 e. The van der Waals surface area contributed by atoms with E-state index in [1.165, 1.54) is 31.3 Å². The van der Waals surface area contributed by atoms with Crippen LogP contribution in [0, 0.1) is 11.3 Å². The SMILES string of the molecule is CNS(=O)(=O)c1cccc(C(=O)OCC(=O)Nc2ccccc2C#N)c1. The molecular weight excluding hydrogens is 358 g/mol. The summed E-state index contributed by atoms with van der Waals surface area (Å²) >= 11 is 0. The van der Waals surface area contributed by atoms with Gasteiger partial charge in [0.05, 0.1) is 21.7 Å². The van der Waals surface area contributed by atoms with Crippen LogP contribution in [0.4, 0.5) is 5.69 Å². The second-order valence-corrected chi connectivity index (χ2v) is 6.90. The number of nitriles is 1. The molecule has 2 N–H and O–H groups in total. The lowest BCUT2D eigenvalue weighted by molar-refractivity contribution is -0.119. The normalized spacial score (nSPS) is 10.6. The van der Waals surface area contributed by atoms with E-state index in [4.69, 9.17) is 10.00 Å². The molecule has 0 aliphatic carbocycles. The van der Waals surface area contributed by atoms with Gasteiger partial charge in [-0.15, -0.1) is 0 Å². The number of sulfonamides is 1. The number of rotatable bonds is 6. The third kappa shape index (κ3) is 4.66. The van der Waals surface area contributed by atoms with E-state index in [1.807, 2.05) is 6.07 Å². The number of hydrogen-bond donors (Lipinski definition) is 2. The van der Waals surface area contributed by atoms with E-state index in [2.05, 4.69) is 10.0 Å². The molecule has 134 valence electrons. The van der Waals surface area contributed by atoms with Crippen molar-refractivity contribution in [3.05, 3.63) is 59.7 Å². The van der Waals surface area contributed by atoms with Crippen molar-refractivity contribution in [2.24, 2.45) is 0 Å². The average Bonchev–Trinajstić information content (AvgIpc) is 2.66. The Kier molecular flexibility index (Phi) is 6.06. The van der Waals surface area contributed by atoms with E-state index in [0.29, 0.717) is 5.69 Å². The molecule has 0 heterocycles. The Morgan fingerprint density at radius 1 is 1.15 bits per heavy atom. The number of hydrogen-bond acceptors (Lipinski definition) is 6. The zero-order valence-corrected chi connectivity index (χ0v) is 14.5. The van der Waals surface area contributed by atoms with Crippen LogP contribution < -0.4 is 10.0 Å². The first kappa shape index (κ1) is 19.1. The van der Waals surface area contributed by atoms with Crippen molar-refractivity contribution in [3.8, 4) is 6.07 Å². The van der Waals surface area contributed by atoms with Crippen LogP contribution in [-0.2, 0) is 19.6 Å². The molecule has 2 aromatic rings. The van der Waals surface area contributed by atoms with Crippen molar-refractivity contribution in [1.82, 2.24) is 4.72 Å². The van der Waals surface area contributed by atoms with E-state index in [-0.39, 0.29) is 16.0 Å². The summed E-state index contributed by atoms with van der Waals surface area (Å²) in [5.41, 5.74) is 0.571. The maximum atomic E-state index is 12.0. The smallest absolute Gasteiger partial charge is 0.338 e. The molecule has 2 rings (SSSR count). The zero-order chi connectivity index (χ0) is 19.2. The van der Waals surface area contributed by atoms with Crippen LogP contribution >= 0.6 is 0 Å². The second-order valence-electron chi connectivity index (χ2n) is 5.02. The fraction of sp³-hybridized carbons (Fsp3) is 0.118. The number of carbonyl (C=O) groups excluding carboxylic acids is 2. The van der Waals surface area contributed by atoms with Gasteiger partial charge in [-0.1, -0.05) is 18.2 Å². The summed E-state index contributed by atoms with van der Waals surface area (Å²) in [5, 5.41) is 11.4. The molecule has 8 nitrogen and oxygen atoms in total. The Morgan fingerprint density at radius 2 is 1.88 bits per heavy atom. The fourth-order valence-corrected chi connectivity index (χ4v) is 2.77. The van der Waals surface area contributed by atoms with Gasteiger partial charge >= 0.3 is 5.97 Å². The first-order valence-electron chi connectivity index (χ1n) is 7.37. The van der Waals surface area contributed by atoms with E-state index in [1.54, 1.807) is 18.2 Å². The van der Waals surface area contributed by atoms with Crippen LogP contribution in [0.3, 0.4) is 0 Å². The number of para-hydroxylation sites is 1. The summed E-state index contributed by atoms with van der Waals surface area (Å²) in [4.78, 5) is 23.8. The van der Waals surface area contributed by atoms with Crippen molar-refractivity contribution >= 4 is 27.6 Å². The molecule has 0 aliphatic heterocycles. The molecule has 0 aromatic heterocycles. The Morgan fingerprint density at radius 3 is 2.58 bits per heavy atom. The molecule has 0 aliphatic rings. The van der Waals surface area contributed by atoms with Gasteiger partial charge in [0.2, 0.25) is 10.0 Å². The molecule has 26 heavy (non-hydrogen) atoms. The van der Waals surface area contributed by atoms with Crippen molar-refractivity contribution < 1.29 is 22.7 Å². The van der Waals surface area contributed by atoms with Gasteiger partial charge in [0.1, 0.15) is 6.07 Å². The van der Waals surface area contributed by atoms with E-state index in [9.17, 15) is 18.0 Å². The minimum Gasteiger partial charge on any atom is -0.452 e. The van der Waals surface area contributed by atoms with Gasteiger partial charge in [0.25, 0.3) is 5.91 Å². The molecule has 0 atom stereocenters. The molecular formula is C17H15N3O5S. The molecule has 0 saturated carbocycles. The predicted octanol–water partition coefficient (Wildman–Crippen LogP) is 1.26. The van der Waals surface area contributed by atoms with Gasteiger partial charge in [0.15, 0.2) is 6.61 Å². The molecule has 2 aromatic carbocycles. The summed E-state index contributed by atoms with van der Waals surface area (Å²) in [6.45, 7) is -0.582. The van der Waals surface area contributed by atoms with Crippen molar-refractivity contribution in [1.29, 1.82) is 5.26 Å². The van der Waals surface area contributed by atoms with Crippen LogP contribution in [0.5, 0.6) is 0 Å². The lowest BCUT2D eigenvalue weighted by Gasteiger charge is -2.08. The van der Waals surface area contributed by atoms with E-state index in [0.717, 1.165) is 6.07 Å². The second kappa shape index (κ2) is 8.24. The van der Waals surface area contributed by atoms with Crippen LogP contribution in [0.15, 0.2) is 53.4 Å². The summed E-state index contributed by atoms with van der Waals surface area (Å²) in [7, 11) is -2.45. The topological polar surface area (TPSA) is 125 Å². The number of nitrogens with zero attached hydrogens (tertiary/aromatic N) is 1. The Bertz CT molecular complexity index is 980. The fourth-order valence-electron chi connectivity index (χ4n) is 2.00. The van der Waals surface area contributed by atoms with Gasteiger partial charge in [-0.3, -0.25) is 4.79 Å². The number of amides is 1. The van der Waals surface area contributed by atoms with Crippen LogP contribution in [0.2, 0.25) is 0 Å². The van der Waals surface area contributed by atoms with Crippen molar-refractivity contribution in [2.75, 3.05) is 19.0 Å². The molecule has 9 heteroatoms. The summed E-state index contributed by atoms with van der Waals surface area (Å²) in [5.74, 6) is -1.47. The molecule has 0 saturated heterocycles. The largest absolute Gasteiger partial charge is 0.452 e. The van der Waals surface area contributed by atoms with E-state index < -0.39 is 28.5 Å². The Balaban J connectivity index is 2.02. The molecule has 0 spiro atoms. The van der Waals surface area contributed by atoms with Gasteiger partial charge in [-0.25, -0.2) is 17.9 Å². The number of carbonyl (C=O) groups is 2. The van der Waals surface area contributed by atoms with Crippen LogP contribution in [0.25, 0.3) is 0 Å². The van der Waals surface area contributed by atoms with Gasteiger partial charge in [0, 0.05) is 0 Å². The minimum atomic E-state index is -3.70. The lowest BCUT2D eigenvalue weighted by Crippen LogP contribution is -2.22. The summed E-state index contributed by atoms with van der Waals surface area (Å²) in [6, 6.07) is 13.6. The zero-order valence-electron chi connectivity index (χ0n) is 13.7. The molecule has 0 unspecified atom stereocenters. The Labute approximate surface area is 150 Å². The summed E-state index contributed by atoms with van der Waals surface area (Å²) < 4.78 is 30.5. The lowest BCUT2D eigenvalue weighted by atomic mass is 10.2. The van der Waals surface area contributed by atoms with Crippen LogP contribution in [-0.4, -0.2) is 33.9 Å². The number of benzene rings is 2. The Hall–Kier alpha value is -3.22. The first-order chi connectivity index (χ1) is 12.4. The van der Waals surface area contributed by atoms with Crippen molar-refractivity contribution in [2.45, 2.75) is 4.90 Å². The molecule has 0 fully saturated rings. The van der Waals surface area contributed by atoms with Gasteiger partial charge in [-0.05, 0) is 37.4 Å².